The first-order valence-corrected chi connectivity index (χ1v) is 6.73. The molecule has 0 aliphatic heterocycles. The van der Waals surface area contributed by atoms with Gasteiger partial charge >= 0.3 is 0 Å². The lowest BCUT2D eigenvalue weighted by atomic mass is 9.93. The van der Waals surface area contributed by atoms with E-state index >= 15 is 0 Å². The minimum Gasteiger partial charge on any atom is -0.489 e. The summed E-state index contributed by atoms with van der Waals surface area (Å²) in [4.78, 5) is 0. The van der Waals surface area contributed by atoms with Crippen LogP contribution >= 0.6 is 23.2 Å². The van der Waals surface area contributed by atoms with Gasteiger partial charge in [0.05, 0.1) is 11.1 Å². The third kappa shape index (κ3) is 3.51. The molecular formula is C13H17Cl2NO. The average molecular weight is 274 g/mol. The minimum atomic E-state index is 0.276. The van der Waals surface area contributed by atoms with Gasteiger partial charge in [0.1, 0.15) is 5.75 Å². The highest BCUT2D eigenvalue weighted by molar-refractivity contribution is 6.35. The number of halogens is 2. The molecule has 0 radical (unpaired) electrons. The van der Waals surface area contributed by atoms with Crippen LogP contribution in [-0.4, -0.2) is 19.2 Å². The van der Waals surface area contributed by atoms with Crippen molar-refractivity contribution in [1.82, 2.24) is 5.32 Å². The topological polar surface area (TPSA) is 21.3 Å². The Balaban J connectivity index is 1.93. The van der Waals surface area contributed by atoms with Crippen molar-refractivity contribution in [2.75, 3.05) is 7.05 Å². The third-order valence-electron chi connectivity index (χ3n) is 3.27. The molecule has 1 fully saturated rings. The van der Waals surface area contributed by atoms with Crippen molar-refractivity contribution in [1.29, 1.82) is 0 Å². The lowest BCUT2D eigenvalue weighted by Crippen LogP contribution is -2.34. The van der Waals surface area contributed by atoms with Gasteiger partial charge in [0.15, 0.2) is 0 Å². The summed E-state index contributed by atoms with van der Waals surface area (Å²) in [6, 6.07) is 6.00. The van der Waals surface area contributed by atoms with Crippen LogP contribution in [0.3, 0.4) is 0 Å². The molecule has 1 saturated carbocycles. The van der Waals surface area contributed by atoms with Crippen LogP contribution in [-0.2, 0) is 0 Å². The maximum Gasteiger partial charge on any atom is 0.138 e. The van der Waals surface area contributed by atoms with Crippen molar-refractivity contribution in [2.24, 2.45) is 0 Å². The Morgan fingerprint density at radius 3 is 2.47 bits per heavy atom. The lowest BCUT2D eigenvalue weighted by molar-refractivity contribution is 0.141. The predicted octanol–water partition coefficient (Wildman–Crippen LogP) is 3.90. The van der Waals surface area contributed by atoms with E-state index in [0.717, 1.165) is 31.4 Å². The first kappa shape index (κ1) is 13.0. The predicted molar refractivity (Wildman–Crippen MR) is 72.2 cm³/mol. The number of hydrogen-bond acceptors (Lipinski definition) is 2. The first-order chi connectivity index (χ1) is 8.19. The zero-order valence-electron chi connectivity index (χ0n) is 9.88. The van der Waals surface area contributed by atoms with Crippen LogP contribution in [0.25, 0.3) is 0 Å². The Morgan fingerprint density at radius 2 is 1.88 bits per heavy atom. The van der Waals surface area contributed by atoms with E-state index in [2.05, 4.69) is 5.32 Å². The van der Waals surface area contributed by atoms with E-state index < -0.39 is 0 Å². The van der Waals surface area contributed by atoms with Crippen LogP contribution in [0.2, 0.25) is 10.0 Å². The minimum absolute atomic E-state index is 0.276. The summed E-state index contributed by atoms with van der Waals surface area (Å²) in [7, 11) is 2.02. The molecule has 0 heterocycles. The Kier molecular flexibility index (Phi) is 4.55. The van der Waals surface area contributed by atoms with E-state index in [1.165, 1.54) is 0 Å². The quantitative estimate of drug-likeness (QED) is 0.902. The molecule has 1 N–H and O–H groups in total. The summed E-state index contributed by atoms with van der Waals surface area (Å²) in [6.45, 7) is 0. The summed E-state index contributed by atoms with van der Waals surface area (Å²) < 4.78 is 5.92. The van der Waals surface area contributed by atoms with E-state index in [4.69, 9.17) is 27.9 Å². The second-order valence-corrected chi connectivity index (χ2v) is 5.30. The second-order valence-electron chi connectivity index (χ2n) is 4.45. The molecular weight excluding hydrogens is 257 g/mol. The SMILES string of the molecule is CNC1CCC(Oc2ccc(Cl)cc2Cl)CC1. The van der Waals surface area contributed by atoms with Crippen LogP contribution in [0.5, 0.6) is 5.75 Å². The fourth-order valence-electron chi connectivity index (χ4n) is 2.22. The molecule has 1 aliphatic rings. The largest absolute Gasteiger partial charge is 0.489 e. The molecule has 17 heavy (non-hydrogen) atoms. The zero-order chi connectivity index (χ0) is 12.3. The summed E-state index contributed by atoms with van der Waals surface area (Å²) in [5.41, 5.74) is 0. The Hall–Kier alpha value is -0.440. The van der Waals surface area contributed by atoms with Crippen LogP contribution in [0, 0.1) is 0 Å². The summed E-state index contributed by atoms with van der Waals surface area (Å²) in [5.74, 6) is 0.740. The smallest absolute Gasteiger partial charge is 0.138 e. The van der Waals surface area contributed by atoms with Gasteiger partial charge in [-0.15, -0.1) is 0 Å². The van der Waals surface area contributed by atoms with Crippen molar-refractivity contribution in [3.63, 3.8) is 0 Å². The van der Waals surface area contributed by atoms with Crippen molar-refractivity contribution in [2.45, 2.75) is 37.8 Å². The van der Waals surface area contributed by atoms with Crippen LogP contribution in [0.1, 0.15) is 25.7 Å². The van der Waals surface area contributed by atoms with E-state index in [1.807, 2.05) is 19.2 Å². The van der Waals surface area contributed by atoms with Crippen LogP contribution in [0.15, 0.2) is 18.2 Å². The van der Waals surface area contributed by atoms with Gasteiger partial charge < -0.3 is 10.1 Å². The Labute approximate surface area is 112 Å². The molecule has 2 nitrogen and oxygen atoms in total. The molecule has 0 aromatic heterocycles. The van der Waals surface area contributed by atoms with Gasteiger partial charge in [0, 0.05) is 11.1 Å². The van der Waals surface area contributed by atoms with Gasteiger partial charge in [-0.05, 0) is 50.9 Å². The molecule has 1 aromatic rings. The van der Waals surface area contributed by atoms with Crippen LogP contribution < -0.4 is 10.1 Å². The van der Waals surface area contributed by atoms with Crippen LogP contribution in [0.4, 0.5) is 0 Å². The van der Waals surface area contributed by atoms with Gasteiger partial charge in [-0.3, -0.25) is 0 Å². The number of nitrogens with one attached hydrogen (secondary N) is 1. The molecule has 1 aliphatic carbocycles. The summed E-state index contributed by atoms with van der Waals surface area (Å²) >= 11 is 11.9. The summed E-state index contributed by atoms with van der Waals surface area (Å²) in [5, 5.41) is 4.54. The van der Waals surface area contributed by atoms with Gasteiger partial charge in [-0.25, -0.2) is 0 Å². The van der Waals surface area contributed by atoms with Gasteiger partial charge in [-0.2, -0.15) is 0 Å². The molecule has 0 bridgehead atoms. The molecule has 0 amide bonds. The lowest BCUT2D eigenvalue weighted by Gasteiger charge is -2.28. The second kappa shape index (κ2) is 5.94. The van der Waals surface area contributed by atoms with E-state index in [9.17, 15) is 0 Å². The molecule has 2 rings (SSSR count). The van der Waals surface area contributed by atoms with E-state index in [0.29, 0.717) is 16.1 Å². The molecule has 0 atom stereocenters. The molecule has 4 heteroatoms. The number of benzene rings is 1. The molecule has 0 saturated heterocycles. The fraction of sp³-hybridized carbons (Fsp3) is 0.538. The zero-order valence-corrected chi connectivity index (χ0v) is 11.4. The Bertz CT molecular complexity index is 376. The molecule has 1 aromatic carbocycles. The van der Waals surface area contributed by atoms with E-state index in [-0.39, 0.29) is 6.10 Å². The third-order valence-corrected chi connectivity index (χ3v) is 3.80. The number of ether oxygens (including phenoxy) is 1. The maximum absolute atomic E-state index is 6.08. The fourth-order valence-corrected chi connectivity index (χ4v) is 2.67. The number of hydrogen-bond donors (Lipinski definition) is 1. The van der Waals surface area contributed by atoms with Crippen molar-refractivity contribution in [3.8, 4) is 5.75 Å². The van der Waals surface area contributed by atoms with Crippen molar-refractivity contribution >= 4 is 23.2 Å². The molecule has 0 spiro atoms. The monoisotopic (exact) mass is 273 g/mol. The highest BCUT2D eigenvalue weighted by Crippen LogP contribution is 2.31. The highest BCUT2D eigenvalue weighted by atomic mass is 35.5. The Morgan fingerprint density at radius 1 is 1.18 bits per heavy atom. The van der Waals surface area contributed by atoms with Gasteiger partial charge in [-0.1, -0.05) is 23.2 Å². The maximum atomic E-state index is 6.08. The van der Waals surface area contributed by atoms with Crippen molar-refractivity contribution in [3.05, 3.63) is 28.2 Å². The standard InChI is InChI=1S/C13H17Cl2NO/c1-16-10-3-5-11(6-4-10)17-13-7-2-9(14)8-12(13)15/h2,7-8,10-11,16H,3-6H2,1H3. The molecule has 0 unspecified atom stereocenters. The van der Waals surface area contributed by atoms with E-state index in [1.54, 1.807) is 6.07 Å². The number of rotatable bonds is 3. The van der Waals surface area contributed by atoms with Gasteiger partial charge in [0.25, 0.3) is 0 Å². The normalized spacial score (nSPS) is 24.6. The highest BCUT2D eigenvalue weighted by Gasteiger charge is 2.21. The molecule has 94 valence electrons. The van der Waals surface area contributed by atoms with Gasteiger partial charge in [0.2, 0.25) is 0 Å². The van der Waals surface area contributed by atoms with Crippen molar-refractivity contribution < 1.29 is 4.74 Å². The summed E-state index contributed by atoms with van der Waals surface area (Å²) in [6.07, 6.45) is 4.74. The first-order valence-electron chi connectivity index (χ1n) is 5.98. The average Bonchev–Trinajstić information content (AvgIpc) is 2.34.